The van der Waals surface area contributed by atoms with Crippen LogP contribution in [0.4, 0.5) is 0 Å². The third-order valence-electron chi connectivity index (χ3n) is 9.93. The fraction of sp³-hybridized carbons (Fsp3) is 0.293. The number of hydrogen-bond acceptors (Lipinski definition) is 9. The van der Waals surface area contributed by atoms with Gasteiger partial charge in [-0.2, -0.15) is 20.4 Å². The number of aromatic amines is 2. The fourth-order valence-electron chi connectivity index (χ4n) is 7.28. The molecule has 0 spiro atoms. The van der Waals surface area contributed by atoms with E-state index < -0.39 is 0 Å². The molecule has 0 saturated heterocycles. The van der Waals surface area contributed by atoms with Gasteiger partial charge in [-0.05, 0) is 111 Å². The average Bonchev–Trinajstić information content (AvgIpc) is 4.02. The quantitative estimate of drug-likeness (QED) is 0.116. The van der Waals surface area contributed by atoms with Crippen molar-refractivity contribution in [3.05, 3.63) is 152 Å². The van der Waals surface area contributed by atoms with E-state index in [-0.39, 0.29) is 17.6 Å². The van der Waals surface area contributed by atoms with E-state index in [0.717, 1.165) is 79.3 Å². The highest BCUT2D eigenvalue weighted by atomic mass is 32.1. The summed E-state index contributed by atoms with van der Waals surface area (Å²) in [5.41, 5.74) is 10.3. The molecule has 2 atom stereocenters. The summed E-state index contributed by atoms with van der Waals surface area (Å²) in [5.74, 6) is -0.432. The van der Waals surface area contributed by atoms with Crippen molar-refractivity contribution in [3.63, 3.8) is 0 Å². The van der Waals surface area contributed by atoms with Crippen LogP contribution in [0, 0.1) is 27.7 Å². The van der Waals surface area contributed by atoms with Gasteiger partial charge in [0.25, 0.3) is 0 Å². The fourth-order valence-corrected chi connectivity index (χ4v) is 8.93. The molecule has 6 aromatic rings. The molecule has 0 radical (unpaired) electrons. The zero-order valence-electron chi connectivity index (χ0n) is 30.9. The molecule has 276 valence electrons. The Labute approximate surface area is 323 Å². The highest BCUT2D eigenvalue weighted by Gasteiger charge is 2.33. The number of ketones is 1. The number of nitrogens with one attached hydrogen (secondary N) is 2. The van der Waals surface area contributed by atoms with E-state index in [9.17, 15) is 4.79 Å². The predicted molar refractivity (Wildman–Crippen MR) is 215 cm³/mol. The molecule has 2 aliphatic rings. The summed E-state index contributed by atoms with van der Waals surface area (Å²) >= 11 is 3.29. The van der Waals surface area contributed by atoms with Crippen molar-refractivity contribution >= 4 is 39.6 Å². The summed E-state index contributed by atoms with van der Waals surface area (Å²) in [6, 6.07) is 16.6. The van der Waals surface area contributed by atoms with Gasteiger partial charge in [0, 0.05) is 46.6 Å². The predicted octanol–water partition coefficient (Wildman–Crippen LogP) is 7.94. The van der Waals surface area contributed by atoms with E-state index in [1.54, 1.807) is 22.7 Å². The molecule has 2 aliphatic heterocycles. The van der Waals surface area contributed by atoms with Gasteiger partial charge in [-0.25, -0.2) is 0 Å². The highest BCUT2D eigenvalue weighted by Crippen LogP contribution is 2.35. The molecule has 0 amide bonds. The van der Waals surface area contributed by atoms with E-state index in [1.807, 2.05) is 35.3 Å². The van der Waals surface area contributed by atoms with Gasteiger partial charge in [0.1, 0.15) is 0 Å². The maximum Gasteiger partial charge on any atom is 0.153 e. The van der Waals surface area contributed by atoms with Crippen molar-refractivity contribution in [1.82, 2.24) is 49.8 Å². The second-order valence-corrected chi connectivity index (χ2v) is 16.1. The number of thiophene rings is 2. The normalized spacial score (nSPS) is 15.5. The van der Waals surface area contributed by atoms with E-state index in [4.69, 9.17) is 0 Å². The second kappa shape index (κ2) is 15.4. The molecule has 8 heterocycles. The molecule has 0 bridgehead atoms. The number of allylic oxidation sites excluding steroid dienone is 4. The minimum atomic E-state index is -0.321. The molecular weight excluding hydrogens is 713 g/mol. The summed E-state index contributed by atoms with van der Waals surface area (Å²) in [4.78, 5) is 21.4. The van der Waals surface area contributed by atoms with Gasteiger partial charge in [0.05, 0.1) is 59.1 Å². The van der Waals surface area contributed by atoms with Crippen LogP contribution < -0.4 is 0 Å². The lowest BCUT2D eigenvalue weighted by atomic mass is 9.89. The molecule has 0 saturated carbocycles. The standard InChI is InChI=1S/C41H44N10OS2/c1-27-17-29(3)50(46-27)23-33-19-37(44-42-33)31-9-5-13-48(21-31)25-35(39-11-7-15-53-39)41(52)36(40-12-8-16-54-40)26-49-14-6-10-32(22-49)38-20-34(43-45-38)24-51-30(4)18-28(2)47-51/h5-8,11-22,35-36H,9-10,23-26H2,1-4H3,(H,42,44)(H,43,45). The van der Waals surface area contributed by atoms with Crippen LogP contribution in [0.3, 0.4) is 0 Å². The molecule has 13 heteroatoms. The lowest BCUT2D eigenvalue weighted by Crippen LogP contribution is -2.33. The molecule has 0 aromatic carbocycles. The topological polar surface area (TPSA) is 117 Å². The zero-order valence-corrected chi connectivity index (χ0v) is 32.6. The van der Waals surface area contributed by atoms with Crippen LogP contribution in [0.2, 0.25) is 0 Å². The molecule has 2 unspecified atom stereocenters. The van der Waals surface area contributed by atoms with Crippen molar-refractivity contribution in [2.24, 2.45) is 0 Å². The first kappa shape index (κ1) is 35.5. The van der Waals surface area contributed by atoms with Crippen LogP contribution in [0.15, 0.2) is 96.2 Å². The van der Waals surface area contributed by atoms with Gasteiger partial charge in [0.2, 0.25) is 0 Å². The monoisotopic (exact) mass is 756 g/mol. The van der Waals surface area contributed by atoms with Gasteiger partial charge in [0.15, 0.2) is 5.78 Å². The van der Waals surface area contributed by atoms with Crippen molar-refractivity contribution in [2.45, 2.75) is 65.5 Å². The number of hydrogen-bond donors (Lipinski definition) is 2. The Morgan fingerprint density at radius 3 is 1.56 bits per heavy atom. The SMILES string of the molecule is Cc1cc(C)n(Cc2cc(C3=CN(CC(C(=O)C(CN4C=CCC(c5cc(Cn6nc(C)cc6C)[nH]n5)=C4)c4cccs4)c4cccs4)C=CC3)n[nH]2)n1. The number of aromatic nitrogens is 8. The Morgan fingerprint density at radius 2 is 1.17 bits per heavy atom. The van der Waals surface area contributed by atoms with E-state index in [2.05, 4.69) is 138 Å². The molecule has 54 heavy (non-hydrogen) atoms. The van der Waals surface area contributed by atoms with Crippen molar-refractivity contribution in [2.75, 3.05) is 13.1 Å². The molecule has 0 aliphatic carbocycles. The minimum Gasteiger partial charge on any atom is -0.353 e. The van der Waals surface area contributed by atoms with Crippen LogP contribution >= 0.6 is 22.7 Å². The average molecular weight is 757 g/mol. The Kier molecular flexibility index (Phi) is 10.2. The summed E-state index contributed by atoms with van der Waals surface area (Å²) in [6.45, 7) is 10.5. The zero-order chi connectivity index (χ0) is 37.2. The summed E-state index contributed by atoms with van der Waals surface area (Å²) in [6.07, 6.45) is 14.3. The number of aryl methyl sites for hydroxylation is 4. The van der Waals surface area contributed by atoms with Gasteiger partial charge in [-0.15, -0.1) is 22.7 Å². The van der Waals surface area contributed by atoms with Crippen LogP contribution in [0.1, 0.15) is 80.0 Å². The molecular formula is C41H44N10OS2. The van der Waals surface area contributed by atoms with Crippen LogP contribution in [-0.4, -0.2) is 68.6 Å². The van der Waals surface area contributed by atoms with E-state index in [0.29, 0.717) is 26.2 Å². The maximum atomic E-state index is 14.9. The largest absolute Gasteiger partial charge is 0.353 e. The Bertz CT molecular complexity index is 2180. The van der Waals surface area contributed by atoms with Gasteiger partial charge in [-0.1, -0.05) is 24.3 Å². The van der Waals surface area contributed by atoms with Gasteiger partial charge in [-0.3, -0.25) is 24.4 Å². The summed E-state index contributed by atoms with van der Waals surface area (Å²) in [7, 11) is 0. The number of rotatable bonds is 14. The first-order valence-electron chi connectivity index (χ1n) is 18.2. The molecule has 2 N–H and O–H groups in total. The van der Waals surface area contributed by atoms with Gasteiger partial charge >= 0.3 is 0 Å². The number of H-pyrrole nitrogens is 2. The Hall–Kier alpha value is -5.53. The minimum absolute atomic E-state index is 0.210. The lowest BCUT2D eigenvalue weighted by molar-refractivity contribution is -0.122. The Morgan fingerprint density at radius 1 is 0.704 bits per heavy atom. The maximum absolute atomic E-state index is 14.9. The third-order valence-corrected chi connectivity index (χ3v) is 11.9. The summed E-state index contributed by atoms with van der Waals surface area (Å²) < 4.78 is 3.98. The number of nitrogens with zero attached hydrogens (tertiary/aromatic N) is 8. The third kappa shape index (κ3) is 7.87. The summed E-state index contributed by atoms with van der Waals surface area (Å²) in [5, 5.41) is 29.1. The number of carbonyl (C=O) groups is 1. The number of Topliss-reactive ketones (excluding diaryl/α,β-unsaturated/α-hetero) is 1. The molecule has 8 rings (SSSR count). The highest BCUT2D eigenvalue weighted by molar-refractivity contribution is 7.10. The number of carbonyl (C=O) groups excluding carboxylic acids is 1. The molecule has 11 nitrogen and oxygen atoms in total. The first-order valence-corrected chi connectivity index (χ1v) is 20.0. The van der Waals surface area contributed by atoms with Crippen LogP contribution in [-0.2, 0) is 17.9 Å². The van der Waals surface area contributed by atoms with E-state index in [1.165, 1.54) is 0 Å². The second-order valence-electron chi connectivity index (χ2n) is 14.1. The Balaban J connectivity index is 1.00. The van der Waals surface area contributed by atoms with Gasteiger partial charge < -0.3 is 9.80 Å². The van der Waals surface area contributed by atoms with Crippen LogP contribution in [0.25, 0.3) is 11.1 Å². The molecule has 0 fully saturated rings. The lowest BCUT2D eigenvalue weighted by Gasteiger charge is -2.30. The smallest absolute Gasteiger partial charge is 0.153 e. The first-order chi connectivity index (χ1) is 26.3. The van der Waals surface area contributed by atoms with E-state index >= 15 is 0 Å². The van der Waals surface area contributed by atoms with Crippen molar-refractivity contribution in [1.29, 1.82) is 0 Å². The molecule has 6 aromatic heterocycles. The van der Waals surface area contributed by atoms with Crippen molar-refractivity contribution in [3.8, 4) is 0 Å². The van der Waals surface area contributed by atoms with Crippen LogP contribution in [0.5, 0.6) is 0 Å². The van der Waals surface area contributed by atoms with Crippen molar-refractivity contribution < 1.29 is 4.79 Å².